The third kappa shape index (κ3) is 4.21. The second-order valence-electron chi connectivity index (χ2n) is 8.12. The van der Waals surface area contributed by atoms with Gasteiger partial charge in [-0.15, -0.1) is 0 Å². The van der Waals surface area contributed by atoms with E-state index in [0.29, 0.717) is 11.5 Å². The van der Waals surface area contributed by atoms with E-state index in [2.05, 4.69) is 25.4 Å². The highest BCUT2D eigenvalue weighted by Crippen LogP contribution is 2.26. The Labute approximate surface area is 196 Å². The summed E-state index contributed by atoms with van der Waals surface area (Å²) in [5, 5.41) is 7.55. The minimum atomic E-state index is -0.300. The molecule has 0 unspecified atom stereocenters. The number of anilines is 2. The quantitative estimate of drug-likeness (QED) is 0.425. The van der Waals surface area contributed by atoms with Gasteiger partial charge in [0.05, 0.1) is 16.7 Å². The van der Waals surface area contributed by atoms with E-state index in [1.165, 1.54) is 0 Å². The number of hydrogen-bond acceptors (Lipinski definition) is 6. The summed E-state index contributed by atoms with van der Waals surface area (Å²) >= 11 is 0. The molecule has 5 rings (SSSR count). The molecule has 8 heteroatoms. The lowest BCUT2D eigenvalue weighted by Crippen LogP contribution is -2.14. The van der Waals surface area contributed by atoms with Crippen molar-refractivity contribution in [3.63, 3.8) is 0 Å². The van der Waals surface area contributed by atoms with Crippen LogP contribution in [0.5, 0.6) is 0 Å². The Morgan fingerprint density at radius 3 is 2.41 bits per heavy atom. The molecule has 0 bridgehead atoms. The standard InChI is InChI=1S/C26H23N7O/c1-17-5-4-6-25(29-17)33-24(18-7-12-21-22(15-18)28-14-13-27-21)16-23(31-33)26(34)30-19-8-10-20(11-9-19)32(2)3/h4-16H,1-3H3,(H,30,34). The Hall–Kier alpha value is -4.59. The maximum absolute atomic E-state index is 13.1. The smallest absolute Gasteiger partial charge is 0.276 e. The predicted octanol–water partition coefficient (Wildman–Crippen LogP) is 4.50. The van der Waals surface area contributed by atoms with E-state index < -0.39 is 0 Å². The van der Waals surface area contributed by atoms with Crippen molar-refractivity contribution in [3.8, 4) is 17.1 Å². The number of amides is 1. The molecule has 0 aliphatic heterocycles. The molecule has 1 N–H and O–H groups in total. The fourth-order valence-electron chi connectivity index (χ4n) is 3.68. The van der Waals surface area contributed by atoms with E-state index in [4.69, 9.17) is 0 Å². The number of nitrogens with zero attached hydrogens (tertiary/aromatic N) is 6. The molecule has 1 amide bonds. The minimum absolute atomic E-state index is 0.286. The van der Waals surface area contributed by atoms with Gasteiger partial charge in [-0.3, -0.25) is 14.8 Å². The van der Waals surface area contributed by atoms with Crippen molar-refractivity contribution in [2.45, 2.75) is 6.92 Å². The number of hydrogen-bond donors (Lipinski definition) is 1. The van der Waals surface area contributed by atoms with Crippen LogP contribution in [0.25, 0.3) is 28.1 Å². The fraction of sp³-hybridized carbons (Fsp3) is 0.115. The van der Waals surface area contributed by atoms with Crippen LogP contribution in [-0.4, -0.2) is 44.7 Å². The second-order valence-corrected chi connectivity index (χ2v) is 8.12. The third-order valence-corrected chi connectivity index (χ3v) is 5.44. The largest absolute Gasteiger partial charge is 0.378 e. The first-order chi connectivity index (χ1) is 16.5. The van der Waals surface area contributed by atoms with Crippen LogP contribution < -0.4 is 10.2 Å². The van der Waals surface area contributed by atoms with E-state index in [-0.39, 0.29) is 11.6 Å². The van der Waals surface area contributed by atoms with Gasteiger partial charge < -0.3 is 10.2 Å². The summed E-state index contributed by atoms with van der Waals surface area (Å²) in [7, 11) is 3.94. The van der Waals surface area contributed by atoms with Gasteiger partial charge >= 0.3 is 0 Å². The van der Waals surface area contributed by atoms with Gasteiger partial charge in [-0.2, -0.15) is 5.10 Å². The Morgan fingerprint density at radius 2 is 1.68 bits per heavy atom. The van der Waals surface area contributed by atoms with E-state index in [1.807, 2.05) is 86.6 Å². The number of aromatic nitrogens is 5. The van der Waals surface area contributed by atoms with Crippen LogP contribution in [0.3, 0.4) is 0 Å². The van der Waals surface area contributed by atoms with Crippen LogP contribution in [0.4, 0.5) is 11.4 Å². The Kier molecular flexibility index (Phi) is 5.47. The van der Waals surface area contributed by atoms with Gasteiger partial charge in [0.1, 0.15) is 0 Å². The topological polar surface area (TPSA) is 88.8 Å². The van der Waals surface area contributed by atoms with Crippen molar-refractivity contribution in [2.24, 2.45) is 0 Å². The van der Waals surface area contributed by atoms with Gasteiger partial charge in [-0.1, -0.05) is 12.1 Å². The first-order valence-corrected chi connectivity index (χ1v) is 10.8. The van der Waals surface area contributed by atoms with Crippen LogP contribution in [0, 0.1) is 6.92 Å². The first kappa shape index (κ1) is 21.3. The number of carbonyl (C=O) groups excluding carboxylic acids is 1. The number of pyridine rings is 1. The normalized spacial score (nSPS) is 10.9. The summed E-state index contributed by atoms with van der Waals surface area (Å²) in [4.78, 5) is 28.5. The fourth-order valence-corrected chi connectivity index (χ4v) is 3.68. The molecular formula is C26H23N7O. The molecule has 5 aromatic rings. The number of nitrogens with one attached hydrogen (secondary N) is 1. The maximum Gasteiger partial charge on any atom is 0.276 e. The zero-order chi connectivity index (χ0) is 23.7. The third-order valence-electron chi connectivity index (χ3n) is 5.44. The predicted molar refractivity (Wildman–Crippen MR) is 133 cm³/mol. The summed E-state index contributed by atoms with van der Waals surface area (Å²) in [6.07, 6.45) is 3.32. The number of benzene rings is 2. The molecule has 0 radical (unpaired) electrons. The van der Waals surface area contributed by atoms with Gasteiger partial charge in [-0.25, -0.2) is 9.67 Å². The average Bonchev–Trinajstić information content (AvgIpc) is 3.30. The van der Waals surface area contributed by atoms with E-state index in [9.17, 15) is 4.79 Å². The zero-order valence-corrected chi connectivity index (χ0v) is 19.1. The summed E-state index contributed by atoms with van der Waals surface area (Å²) in [5.74, 6) is 0.328. The summed E-state index contributed by atoms with van der Waals surface area (Å²) < 4.78 is 1.69. The second kappa shape index (κ2) is 8.74. The van der Waals surface area contributed by atoms with Crippen LogP contribution in [0.2, 0.25) is 0 Å². The Morgan fingerprint density at radius 1 is 0.912 bits per heavy atom. The van der Waals surface area contributed by atoms with Crippen LogP contribution in [0.1, 0.15) is 16.2 Å². The molecule has 0 fully saturated rings. The van der Waals surface area contributed by atoms with Crippen molar-refractivity contribution >= 4 is 28.3 Å². The van der Waals surface area contributed by atoms with Crippen molar-refractivity contribution < 1.29 is 4.79 Å². The highest BCUT2D eigenvalue weighted by Gasteiger charge is 2.18. The summed E-state index contributed by atoms with van der Waals surface area (Å²) in [5.41, 5.74) is 6.04. The first-order valence-electron chi connectivity index (χ1n) is 10.8. The molecule has 3 heterocycles. The molecule has 0 saturated carbocycles. The monoisotopic (exact) mass is 449 g/mol. The molecule has 8 nitrogen and oxygen atoms in total. The van der Waals surface area contributed by atoms with E-state index in [0.717, 1.165) is 33.7 Å². The van der Waals surface area contributed by atoms with Gasteiger partial charge in [-0.05, 0) is 61.5 Å². The van der Waals surface area contributed by atoms with Gasteiger partial charge in [0.2, 0.25) is 0 Å². The average molecular weight is 450 g/mol. The molecule has 0 atom stereocenters. The molecule has 0 aliphatic carbocycles. The molecule has 34 heavy (non-hydrogen) atoms. The Bertz CT molecular complexity index is 1490. The lowest BCUT2D eigenvalue weighted by atomic mass is 10.1. The zero-order valence-electron chi connectivity index (χ0n) is 19.1. The van der Waals surface area contributed by atoms with Crippen LogP contribution >= 0.6 is 0 Å². The van der Waals surface area contributed by atoms with Gasteiger partial charge in [0.25, 0.3) is 5.91 Å². The highest BCUT2D eigenvalue weighted by atomic mass is 16.2. The van der Waals surface area contributed by atoms with Crippen molar-refractivity contribution in [1.29, 1.82) is 0 Å². The lowest BCUT2D eigenvalue weighted by Gasteiger charge is -2.12. The van der Waals surface area contributed by atoms with Crippen LogP contribution in [-0.2, 0) is 0 Å². The number of aryl methyl sites for hydroxylation is 1. The van der Waals surface area contributed by atoms with Crippen molar-refractivity contribution in [2.75, 3.05) is 24.3 Å². The minimum Gasteiger partial charge on any atom is -0.378 e. The summed E-state index contributed by atoms with van der Waals surface area (Å²) in [6, 6.07) is 20.9. The molecule has 0 spiro atoms. The van der Waals surface area contributed by atoms with E-state index in [1.54, 1.807) is 23.1 Å². The SMILES string of the molecule is Cc1cccc(-n2nc(C(=O)Nc3ccc(N(C)C)cc3)cc2-c2ccc3nccnc3c2)n1. The molecule has 0 aliphatic rings. The number of fused-ring (bicyclic) bond motifs is 1. The highest BCUT2D eigenvalue weighted by molar-refractivity contribution is 6.03. The molecule has 0 saturated heterocycles. The molecular weight excluding hydrogens is 426 g/mol. The van der Waals surface area contributed by atoms with Gasteiger partial charge in [0, 0.05) is 49.1 Å². The Balaban J connectivity index is 1.55. The lowest BCUT2D eigenvalue weighted by molar-refractivity contribution is 0.102. The molecule has 3 aromatic heterocycles. The van der Waals surface area contributed by atoms with Gasteiger partial charge in [0.15, 0.2) is 11.5 Å². The molecule has 2 aromatic carbocycles. The number of carbonyl (C=O) groups is 1. The van der Waals surface area contributed by atoms with Crippen molar-refractivity contribution in [3.05, 3.63) is 90.5 Å². The van der Waals surface area contributed by atoms with Crippen molar-refractivity contribution in [1.82, 2.24) is 24.7 Å². The number of rotatable bonds is 5. The van der Waals surface area contributed by atoms with E-state index >= 15 is 0 Å². The summed E-state index contributed by atoms with van der Waals surface area (Å²) in [6.45, 7) is 1.92. The maximum atomic E-state index is 13.1. The molecule has 168 valence electrons. The van der Waals surface area contributed by atoms with Crippen LogP contribution in [0.15, 0.2) is 79.1 Å².